The summed E-state index contributed by atoms with van der Waals surface area (Å²) in [5.41, 5.74) is 0.484. The first kappa shape index (κ1) is 13.9. The van der Waals surface area contributed by atoms with Crippen molar-refractivity contribution < 1.29 is 13.9 Å². The zero-order chi connectivity index (χ0) is 15.2. The summed E-state index contributed by atoms with van der Waals surface area (Å²) in [6, 6.07) is 20.1. The zero-order valence-electron chi connectivity index (χ0n) is 11.9. The van der Waals surface area contributed by atoms with Crippen molar-refractivity contribution in [2.45, 2.75) is 6.54 Å². The van der Waals surface area contributed by atoms with E-state index in [1.807, 2.05) is 42.5 Å². The van der Waals surface area contributed by atoms with E-state index < -0.39 is 0 Å². The summed E-state index contributed by atoms with van der Waals surface area (Å²) in [5.74, 6) is 1.71. The van der Waals surface area contributed by atoms with Gasteiger partial charge in [0.25, 0.3) is 5.91 Å². The van der Waals surface area contributed by atoms with E-state index in [1.165, 1.54) is 0 Å². The summed E-state index contributed by atoms with van der Waals surface area (Å²) in [4.78, 5) is 12.3. The van der Waals surface area contributed by atoms with Gasteiger partial charge in [0.05, 0.1) is 18.4 Å². The summed E-state index contributed by atoms with van der Waals surface area (Å²) in [7, 11) is 0. The number of carbonyl (C=O) groups excluding carboxylic acids is 1. The average molecular weight is 293 g/mol. The highest BCUT2D eigenvalue weighted by Gasteiger charge is 2.12. The van der Waals surface area contributed by atoms with Crippen LogP contribution in [0.4, 0.5) is 0 Å². The smallest absolute Gasteiger partial charge is 0.255 e. The Balaban J connectivity index is 1.74. The highest BCUT2D eigenvalue weighted by Crippen LogP contribution is 2.24. The van der Waals surface area contributed by atoms with Gasteiger partial charge < -0.3 is 14.5 Å². The Hall–Kier alpha value is -3.01. The number of hydrogen-bond acceptors (Lipinski definition) is 3. The van der Waals surface area contributed by atoms with Gasteiger partial charge in [-0.3, -0.25) is 4.79 Å². The van der Waals surface area contributed by atoms with Crippen LogP contribution < -0.4 is 10.1 Å². The summed E-state index contributed by atoms with van der Waals surface area (Å²) in [6.07, 6.45) is 1.58. The molecule has 1 heterocycles. The Kier molecular flexibility index (Phi) is 4.20. The first-order valence-electron chi connectivity index (χ1n) is 6.95. The van der Waals surface area contributed by atoms with Crippen molar-refractivity contribution >= 4 is 5.91 Å². The Labute approximate surface area is 128 Å². The van der Waals surface area contributed by atoms with Gasteiger partial charge in [0.2, 0.25) is 0 Å². The van der Waals surface area contributed by atoms with Crippen LogP contribution in [0.3, 0.4) is 0 Å². The van der Waals surface area contributed by atoms with Gasteiger partial charge in [-0.2, -0.15) is 0 Å². The molecule has 2 aromatic carbocycles. The van der Waals surface area contributed by atoms with Gasteiger partial charge in [0.1, 0.15) is 17.3 Å². The first-order valence-corrected chi connectivity index (χ1v) is 6.95. The van der Waals surface area contributed by atoms with Gasteiger partial charge in [-0.25, -0.2) is 0 Å². The molecule has 1 amide bonds. The normalized spacial score (nSPS) is 10.2. The molecule has 0 aliphatic heterocycles. The van der Waals surface area contributed by atoms with Crippen LogP contribution in [0, 0.1) is 0 Å². The lowest BCUT2D eigenvalue weighted by Gasteiger charge is -2.11. The molecule has 0 spiro atoms. The monoisotopic (exact) mass is 293 g/mol. The fourth-order valence-electron chi connectivity index (χ4n) is 2.03. The Morgan fingerprint density at radius 2 is 1.73 bits per heavy atom. The Morgan fingerprint density at radius 3 is 2.50 bits per heavy atom. The summed E-state index contributed by atoms with van der Waals surface area (Å²) >= 11 is 0. The third-order valence-electron chi connectivity index (χ3n) is 3.11. The van der Waals surface area contributed by atoms with Crippen molar-refractivity contribution in [3.8, 4) is 11.5 Å². The molecular weight excluding hydrogens is 278 g/mol. The minimum Gasteiger partial charge on any atom is -0.467 e. The molecule has 0 radical (unpaired) electrons. The van der Waals surface area contributed by atoms with Crippen LogP contribution in [0.15, 0.2) is 77.4 Å². The third-order valence-corrected chi connectivity index (χ3v) is 3.11. The van der Waals surface area contributed by atoms with Crippen molar-refractivity contribution in [1.82, 2.24) is 5.32 Å². The molecule has 0 fully saturated rings. The number of benzene rings is 2. The second kappa shape index (κ2) is 6.63. The predicted molar refractivity (Wildman–Crippen MR) is 82.8 cm³/mol. The molecule has 22 heavy (non-hydrogen) atoms. The van der Waals surface area contributed by atoms with Crippen LogP contribution in [0.2, 0.25) is 0 Å². The minimum atomic E-state index is -0.206. The van der Waals surface area contributed by atoms with Crippen LogP contribution in [-0.4, -0.2) is 5.91 Å². The van der Waals surface area contributed by atoms with E-state index in [4.69, 9.17) is 9.15 Å². The second-order valence-electron chi connectivity index (χ2n) is 4.67. The molecule has 1 N–H and O–H groups in total. The number of hydrogen-bond donors (Lipinski definition) is 1. The molecule has 0 aliphatic rings. The molecule has 0 bridgehead atoms. The highest BCUT2D eigenvalue weighted by atomic mass is 16.5. The van der Waals surface area contributed by atoms with Crippen LogP contribution in [0.25, 0.3) is 0 Å². The molecule has 0 aliphatic carbocycles. The van der Waals surface area contributed by atoms with Crippen molar-refractivity contribution in [3.05, 3.63) is 84.3 Å². The lowest BCUT2D eigenvalue weighted by molar-refractivity contribution is 0.0945. The highest BCUT2D eigenvalue weighted by molar-refractivity contribution is 5.96. The van der Waals surface area contributed by atoms with Gasteiger partial charge in [0, 0.05) is 0 Å². The molecule has 0 atom stereocenters. The molecular formula is C18H15NO3. The number of para-hydroxylation sites is 2. The number of carbonyl (C=O) groups is 1. The molecule has 4 nitrogen and oxygen atoms in total. The van der Waals surface area contributed by atoms with E-state index in [0.717, 1.165) is 0 Å². The largest absolute Gasteiger partial charge is 0.467 e. The lowest BCUT2D eigenvalue weighted by atomic mass is 10.2. The van der Waals surface area contributed by atoms with Crippen LogP contribution in [0.5, 0.6) is 11.5 Å². The number of nitrogens with one attached hydrogen (secondary N) is 1. The first-order chi connectivity index (χ1) is 10.8. The zero-order valence-corrected chi connectivity index (χ0v) is 11.9. The Bertz CT molecular complexity index is 736. The standard InChI is InChI=1S/C18H15NO3/c20-18(19-13-15-9-6-12-21-15)16-10-4-5-11-17(16)22-14-7-2-1-3-8-14/h1-12H,13H2,(H,19,20). The quantitative estimate of drug-likeness (QED) is 0.773. The predicted octanol–water partition coefficient (Wildman–Crippen LogP) is 4.00. The van der Waals surface area contributed by atoms with E-state index in [1.54, 1.807) is 30.5 Å². The topological polar surface area (TPSA) is 51.5 Å². The average Bonchev–Trinajstić information content (AvgIpc) is 3.08. The fraction of sp³-hybridized carbons (Fsp3) is 0.0556. The molecule has 110 valence electrons. The molecule has 3 aromatic rings. The number of furan rings is 1. The fourth-order valence-corrected chi connectivity index (χ4v) is 2.03. The van der Waals surface area contributed by atoms with Gasteiger partial charge in [-0.15, -0.1) is 0 Å². The van der Waals surface area contributed by atoms with Gasteiger partial charge in [-0.05, 0) is 36.4 Å². The number of amides is 1. The lowest BCUT2D eigenvalue weighted by Crippen LogP contribution is -2.23. The molecule has 1 aromatic heterocycles. The number of rotatable bonds is 5. The molecule has 0 unspecified atom stereocenters. The van der Waals surface area contributed by atoms with Crippen molar-refractivity contribution in [3.63, 3.8) is 0 Å². The van der Waals surface area contributed by atoms with Crippen LogP contribution in [-0.2, 0) is 6.54 Å². The Morgan fingerprint density at radius 1 is 0.955 bits per heavy atom. The molecule has 4 heteroatoms. The van der Waals surface area contributed by atoms with Crippen molar-refractivity contribution in [2.75, 3.05) is 0 Å². The van der Waals surface area contributed by atoms with Crippen molar-refractivity contribution in [2.24, 2.45) is 0 Å². The SMILES string of the molecule is O=C(NCc1ccco1)c1ccccc1Oc1ccccc1. The van der Waals surface area contributed by atoms with Crippen molar-refractivity contribution in [1.29, 1.82) is 0 Å². The molecule has 0 saturated carbocycles. The van der Waals surface area contributed by atoms with Gasteiger partial charge >= 0.3 is 0 Å². The molecule has 3 rings (SSSR count). The van der Waals surface area contributed by atoms with Crippen LogP contribution in [0.1, 0.15) is 16.1 Å². The number of ether oxygens (including phenoxy) is 1. The van der Waals surface area contributed by atoms with E-state index in [2.05, 4.69) is 5.32 Å². The van der Waals surface area contributed by atoms with E-state index in [9.17, 15) is 4.79 Å². The maximum absolute atomic E-state index is 12.3. The van der Waals surface area contributed by atoms with Gasteiger partial charge in [-0.1, -0.05) is 30.3 Å². The van der Waals surface area contributed by atoms with E-state index in [0.29, 0.717) is 29.4 Å². The van der Waals surface area contributed by atoms with Crippen LogP contribution >= 0.6 is 0 Å². The third kappa shape index (κ3) is 3.35. The van der Waals surface area contributed by atoms with E-state index >= 15 is 0 Å². The summed E-state index contributed by atoms with van der Waals surface area (Å²) in [6.45, 7) is 0.339. The minimum absolute atomic E-state index is 0.206. The maximum atomic E-state index is 12.3. The second-order valence-corrected chi connectivity index (χ2v) is 4.67. The van der Waals surface area contributed by atoms with Gasteiger partial charge in [0.15, 0.2) is 0 Å². The maximum Gasteiger partial charge on any atom is 0.255 e. The molecule has 0 saturated heterocycles. The van der Waals surface area contributed by atoms with E-state index in [-0.39, 0.29) is 5.91 Å². The summed E-state index contributed by atoms with van der Waals surface area (Å²) in [5, 5.41) is 2.81. The summed E-state index contributed by atoms with van der Waals surface area (Å²) < 4.78 is 11.0.